The van der Waals surface area contributed by atoms with Crippen LogP contribution in [0.15, 0.2) is 171 Å². The number of fused-ring (bicyclic) bond motifs is 4. The number of allylic oxidation sites excluding steroid dienone is 4. The van der Waals surface area contributed by atoms with E-state index in [0.717, 1.165) is 122 Å². The minimum Gasteiger partial charge on any atom is -0.253 e. The monoisotopic (exact) mass is 696 g/mol. The second-order valence-electron chi connectivity index (χ2n) is 14.3. The SMILES string of the molecule is Cc1c(C)c(=Nc2ccccc2)c2cc3cc4cc5c(=Nc6ccccc6)c(C)c(C)c(=Nc6ccccc6)c5cc4cc3cc2c1=NC1=CC=CCC1. The van der Waals surface area contributed by atoms with Gasteiger partial charge in [-0.25, -0.2) is 15.0 Å². The summed E-state index contributed by atoms with van der Waals surface area (Å²) in [6, 6.07) is 44.7. The first-order chi connectivity index (χ1) is 26.4. The van der Waals surface area contributed by atoms with E-state index in [1.165, 1.54) is 0 Å². The minimum atomic E-state index is 0.931. The second-order valence-corrected chi connectivity index (χ2v) is 14.3. The van der Waals surface area contributed by atoms with Gasteiger partial charge in [-0.15, -0.1) is 0 Å². The Morgan fingerprint density at radius 3 is 1.04 bits per heavy atom. The highest BCUT2D eigenvalue weighted by atomic mass is 14.8. The van der Waals surface area contributed by atoms with Crippen LogP contribution in [-0.2, 0) is 0 Å². The maximum Gasteiger partial charge on any atom is 0.0748 e. The van der Waals surface area contributed by atoms with E-state index in [9.17, 15) is 0 Å². The molecule has 0 aromatic heterocycles. The Balaban J connectivity index is 1.39. The van der Waals surface area contributed by atoms with Crippen LogP contribution in [0.5, 0.6) is 0 Å². The van der Waals surface area contributed by atoms with Crippen LogP contribution < -0.4 is 21.4 Å². The molecular weight excluding hydrogens is 657 g/mol. The first-order valence-corrected chi connectivity index (χ1v) is 18.7. The zero-order valence-corrected chi connectivity index (χ0v) is 31.1. The van der Waals surface area contributed by atoms with Crippen LogP contribution in [0, 0.1) is 27.7 Å². The lowest BCUT2D eigenvalue weighted by Gasteiger charge is -2.13. The van der Waals surface area contributed by atoms with Crippen molar-refractivity contribution in [3.63, 3.8) is 0 Å². The Hall–Kier alpha value is -6.52. The van der Waals surface area contributed by atoms with Crippen molar-refractivity contribution in [2.24, 2.45) is 20.0 Å². The summed E-state index contributed by atoms with van der Waals surface area (Å²) >= 11 is 0. The molecule has 0 N–H and O–H groups in total. The molecule has 260 valence electrons. The maximum atomic E-state index is 5.32. The van der Waals surface area contributed by atoms with E-state index < -0.39 is 0 Å². The Labute approximate surface area is 314 Å². The van der Waals surface area contributed by atoms with Gasteiger partial charge < -0.3 is 0 Å². The van der Waals surface area contributed by atoms with E-state index >= 15 is 0 Å². The molecule has 0 atom stereocenters. The molecule has 0 heterocycles. The molecule has 0 bridgehead atoms. The van der Waals surface area contributed by atoms with E-state index in [2.05, 4.69) is 119 Å². The topological polar surface area (TPSA) is 49.4 Å². The van der Waals surface area contributed by atoms with Crippen molar-refractivity contribution in [2.75, 3.05) is 0 Å². The molecule has 0 saturated carbocycles. The second kappa shape index (κ2) is 13.8. The fourth-order valence-electron chi connectivity index (χ4n) is 7.70. The van der Waals surface area contributed by atoms with Gasteiger partial charge in [0.25, 0.3) is 0 Å². The largest absolute Gasteiger partial charge is 0.253 e. The lowest BCUT2D eigenvalue weighted by atomic mass is 9.93. The summed E-state index contributed by atoms with van der Waals surface area (Å²) < 4.78 is 0. The average molecular weight is 697 g/mol. The van der Waals surface area contributed by atoms with Gasteiger partial charge in [-0.3, -0.25) is 4.99 Å². The van der Waals surface area contributed by atoms with Gasteiger partial charge in [0.05, 0.1) is 38.5 Å². The minimum absolute atomic E-state index is 0.931. The van der Waals surface area contributed by atoms with Gasteiger partial charge in [-0.2, -0.15) is 0 Å². The maximum absolute atomic E-state index is 5.32. The zero-order valence-electron chi connectivity index (χ0n) is 31.1. The summed E-state index contributed by atoms with van der Waals surface area (Å²) in [4.78, 5) is 21.1. The van der Waals surface area contributed by atoms with Crippen LogP contribution in [0.3, 0.4) is 0 Å². The van der Waals surface area contributed by atoms with Crippen molar-refractivity contribution in [1.29, 1.82) is 0 Å². The summed E-state index contributed by atoms with van der Waals surface area (Å²) in [5.41, 5.74) is 8.48. The molecule has 54 heavy (non-hydrogen) atoms. The van der Waals surface area contributed by atoms with Crippen molar-refractivity contribution in [3.05, 3.63) is 195 Å². The highest BCUT2D eigenvalue weighted by Gasteiger charge is 2.14. The molecule has 0 fully saturated rings. The third kappa shape index (κ3) is 6.10. The molecule has 4 heteroatoms. The Morgan fingerprint density at radius 1 is 0.389 bits per heavy atom. The summed E-state index contributed by atoms with van der Waals surface area (Å²) in [5.74, 6) is 0. The normalized spacial score (nSPS) is 14.6. The molecule has 0 amide bonds. The van der Waals surface area contributed by atoms with Gasteiger partial charge in [-0.05, 0) is 163 Å². The van der Waals surface area contributed by atoms with E-state index in [4.69, 9.17) is 20.0 Å². The molecule has 9 rings (SSSR count). The molecule has 0 saturated heterocycles. The van der Waals surface area contributed by atoms with Gasteiger partial charge in [0, 0.05) is 27.2 Å². The lowest BCUT2D eigenvalue weighted by molar-refractivity contribution is 0.927. The van der Waals surface area contributed by atoms with Crippen LogP contribution >= 0.6 is 0 Å². The average Bonchev–Trinajstić information content (AvgIpc) is 3.21. The summed E-state index contributed by atoms with van der Waals surface area (Å²) in [5, 5.41) is 13.0. The van der Waals surface area contributed by atoms with Gasteiger partial charge >= 0.3 is 0 Å². The van der Waals surface area contributed by atoms with Gasteiger partial charge in [0.1, 0.15) is 0 Å². The van der Waals surface area contributed by atoms with Gasteiger partial charge in [0.15, 0.2) is 0 Å². The summed E-state index contributed by atoms with van der Waals surface area (Å²) in [7, 11) is 0. The van der Waals surface area contributed by atoms with Crippen LogP contribution in [0.4, 0.5) is 17.1 Å². The Bertz CT molecular complexity index is 3110. The van der Waals surface area contributed by atoms with Crippen molar-refractivity contribution in [1.82, 2.24) is 0 Å². The van der Waals surface area contributed by atoms with Crippen LogP contribution in [-0.4, -0.2) is 0 Å². The molecule has 0 aliphatic heterocycles. The van der Waals surface area contributed by atoms with Gasteiger partial charge in [-0.1, -0.05) is 66.7 Å². The third-order valence-electron chi connectivity index (χ3n) is 10.9. The van der Waals surface area contributed by atoms with E-state index in [1.807, 2.05) is 54.6 Å². The van der Waals surface area contributed by atoms with E-state index in [-0.39, 0.29) is 0 Å². The fourth-order valence-corrected chi connectivity index (χ4v) is 7.70. The molecule has 4 nitrogen and oxygen atoms in total. The van der Waals surface area contributed by atoms with Crippen LogP contribution in [0.2, 0.25) is 0 Å². The molecule has 1 aliphatic carbocycles. The fraction of sp³-hybridized carbons (Fsp3) is 0.120. The Kier molecular flexibility index (Phi) is 8.51. The van der Waals surface area contributed by atoms with Crippen molar-refractivity contribution >= 4 is 60.2 Å². The molecule has 0 radical (unpaired) electrons. The molecule has 0 unspecified atom stereocenters. The first-order valence-electron chi connectivity index (χ1n) is 18.7. The number of nitrogens with zero attached hydrogens (tertiary/aromatic N) is 4. The number of hydrogen-bond donors (Lipinski definition) is 0. The number of rotatable bonds is 4. The van der Waals surface area contributed by atoms with Crippen molar-refractivity contribution in [2.45, 2.75) is 40.5 Å². The number of para-hydroxylation sites is 3. The predicted molar refractivity (Wildman–Crippen MR) is 225 cm³/mol. The third-order valence-corrected chi connectivity index (χ3v) is 10.9. The van der Waals surface area contributed by atoms with Gasteiger partial charge in [0.2, 0.25) is 0 Å². The standard InChI is InChI=1S/C50H40N4/c1-31-32(2)48(52-40-19-11-6-12-20-40)44-28-36-26-38-30-46-45(29-37(38)25-35(36)27-43(44)47(31)51-39-17-9-5-10-18-39)49(53-41-21-13-7-14-22-41)33(3)34(4)50(46)54-42-23-15-8-16-24-42/h5-15,17-23,25-30H,16,24H2,1-4H3. The molecule has 8 aromatic rings. The number of benzene rings is 8. The highest BCUT2D eigenvalue weighted by Crippen LogP contribution is 2.30. The van der Waals surface area contributed by atoms with Crippen LogP contribution in [0.1, 0.15) is 35.1 Å². The number of hydrogen-bond acceptors (Lipinski definition) is 4. The van der Waals surface area contributed by atoms with E-state index in [1.54, 1.807) is 0 Å². The zero-order chi connectivity index (χ0) is 36.8. The molecule has 8 aromatic carbocycles. The smallest absolute Gasteiger partial charge is 0.0748 e. The van der Waals surface area contributed by atoms with Crippen molar-refractivity contribution < 1.29 is 0 Å². The first kappa shape index (κ1) is 33.3. The molecule has 0 spiro atoms. The molecule has 1 aliphatic rings. The lowest BCUT2D eigenvalue weighted by Crippen LogP contribution is -2.21. The predicted octanol–water partition coefficient (Wildman–Crippen LogP) is 11.2. The van der Waals surface area contributed by atoms with Crippen LogP contribution in [0.25, 0.3) is 43.1 Å². The highest BCUT2D eigenvalue weighted by molar-refractivity contribution is 6.08. The Morgan fingerprint density at radius 2 is 0.722 bits per heavy atom. The summed E-state index contributed by atoms with van der Waals surface area (Å²) in [6.07, 6.45) is 8.42. The summed E-state index contributed by atoms with van der Waals surface area (Å²) in [6.45, 7) is 8.71. The quantitative estimate of drug-likeness (QED) is 0.165. The van der Waals surface area contributed by atoms with Crippen molar-refractivity contribution in [3.8, 4) is 0 Å². The molecular formula is C50H40N4. The van der Waals surface area contributed by atoms with E-state index in [0.29, 0.717) is 0 Å².